The van der Waals surface area contributed by atoms with Crippen LogP contribution in [0.15, 0.2) is 49.1 Å². The van der Waals surface area contributed by atoms with Gasteiger partial charge in [-0.2, -0.15) is 5.26 Å². The molecule has 4 aromatic rings. The molecule has 0 aliphatic heterocycles. The molecule has 0 radical (unpaired) electrons. The molecule has 0 unspecified atom stereocenters. The predicted octanol–water partition coefficient (Wildman–Crippen LogP) is 3.60. The number of nitrogens with zero attached hydrogens (tertiary/aromatic N) is 5. The largest absolute Gasteiger partial charge is 0.368 e. The number of hydrogen-bond donors (Lipinski definition) is 2. The highest BCUT2D eigenvalue weighted by atomic mass is 19.2. The molecule has 1 aromatic carbocycles. The summed E-state index contributed by atoms with van der Waals surface area (Å²) in [7, 11) is 0. The molecule has 0 atom stereocenters. The Morgan fingerprint density at radius 1 is 1.00 bits per heavy atom. The van der Waals surface area contributed by atoms with Gasteiger partial charge in [0, 0.05) is 49.5 Å². The van der Waals surface area contributed by atoms with Crippen LogP contribution in [0.5, 0.6) is 0 Å². The zero-order chi connectivity index (χ0) is 21.1. The topological polar surface area (TPSA) is 90.9 Å². The first-order valence-corrected chi connectivity index (χ1v) is 8.87. The smallest absolute Gasteiger partial charge is 0.180 e. The van der Waals surface area contributed by atoms with Crippen molar-refractivity contribution in [2.24, 2.45) is 0 Å². The molecular formula is C20H14F3N7. The van der Waals surface area contributed by atoms with Crippen molar-refractivity contribution in [2.45, 2.75) is 0 Å². The summed E-state index contributed by atoms with van der Waals surface area (Å²) in [5, 5.41) is 15.0. The summed E-state index contributed by atoms with van der Waals surface area (Å²) in [6.07, 6.45) is 6.14. The van der Waals surface area contributed by atoms with E-state index in [2.05, 4.69) is 25.6 Å². The Morgan fingerprint density at radius 3 is 2.57 bits per heavy atom. The normalized spacial score (nSPS) is 10.7. The van der Waals surface area contributed by atoms with Crippen molar-refractivity contribution in [1.29, 1.82) is 5.26 Å². The van der Waals surface area contributed by atoms with E-state index in [-0.39, 0.29) is 11.3 Å². The summed E-state index contributed by atoms with van der Waals surface area (Å²) in [5.74, 6) is -2.38. The van der Waals surface area contributed by atoms with E-state index in [0.29, 0.717) is 42.0 Å². The minimum Gasteiger partial charge on any atom is -0.368 e. The number of hydrogen-bond acceptors (Lipinski definition) is 6. The molecule has 0 bridgehead atoms. The highest BCUT2D eigenvalue weighted by molar-refractivity contribution is 5.69. The van der Waals surface area contributed by atoms with Crippen LogP contribution in [-0.4, -0.2) is 32.4 Å². The number of pyridine rings is 1. The summed E-state index contributed by atoms with van der Waals surface area (Å²) in [6, 6.07) is 6.60. The minimum atomic E-state index is -1.26. The van der Waals surface area contributed by atoms with Crippen LogP contribution in [0.2, 0.25) is 0 Å². The van der Waals surface area contributed by atoms with Crippen molar-refractivity contribution in [1.82, 2.24) is 19.4 Å². The molecule has 0 fully saturated rings. The van der Waals surface area contributed by atoms with E-state index >= 15 is 0 Å². The van der Waals surface area contributed by atoms with Gasteiger partial charge in [-0.15, -0.1) is 0 Å². The molecule has 3 heterocycles. The highest BCUT2D eigenvalue weighted by Crippen LogP contribution is 2.26. The van der Waals surface area contributed by atoms with Gasteiger partial charge >= 0.3 is 0 Å². The van der Waals surface area contributed by atoms with Crippen LogP contribution >= 0.6 is 0 Å². The lowest BCUT2D eigenvalue weighted by molar-refractivity contribution is 0.496. The molecule has 0 spiro atoms. The number of imidazole rings is 1. The van der Waals surface area contributed by atoms with Gasteiger partial charge in [0.05, 0.1) is 11.3 Å². The third-order valence-electron chi connectivity index (χ3n) is 4.28. The Morgan fingerprint density at radius 2 is 1.80 bits per heavy atom. The maximum Gasteiger partial charge on any atom is 0.180 e. The second-order valence-corrected chi connectivity index (χ2v) is 6.28. The lowest BCUT2D eigenvalue weighted by atomic mass is 10.1. The van der Waals surface area contributed by atoms with Gasteiger partial charge in [-0.25, -0.2) is 28.1 Å². The molecule has 150 valence electrons. The summed E-state index contributed by atoms with van der Waals surface area (Å²) in [6.45, 7) is 0.887. The van der Waals surface area contributed by atoms with Gasteiger partial charge in [0.25, 0.3) is 0 Å². The molecule has 0 amide bonds. The number of nitriles is 1. The molecule has 10 heteroatoms. The molecule has 0 saturated carbocycles. The average molecular weight is 409 g/mol. The van der Waals surface area contributed by atoms with Crippen LogP contribution in [0, 0.1) is 28.8 Å². The van der Waals surface area contributed by atoms with Crippen molar-refractivity contribution < 1.29 is 13.2 Å². The fourth-order valence-corrected chi connectivity index (χ4v) is 2.83. The van der Waals surface area contributed by atoms with Crippen LogP contribution < -0.4 is 10.6 Å². The van der Waals surface area contributed by atoms with E-state index in [9.17, 15) is 13.2 Å². The fourth-order valence-electron chi connectivity index (χ4n) is 2.83. The van der Waals surface area contributed by atoms with Crippen LogP contribution in [0.4, 0.5) is 24.8 Å². The maximum absolute atomic E-state index is 14.2. The SMILES string of the molecule is N#Cc1ccc(NCCNc2nc(-c3cc(F)c(F)cc3F)cn3ccnc23)nc1. The Bertz CT molecular complexity index is 1250. The number of rotatable bonds is 6. The van der Waals surface area contributed by atoms with E-state index in [1.807, 2.05) is 6.07 Å². The van der Waals surface area contributed by atoms with Crippen molar-refractivity contribution in [3.63, 3.8) is 0 Å². The Balaban J connectivity index is 1.53. The van der Waals surface area contributed by atoms with Gasteiger partial charge in [0.2, 0.25) is 0 Å². The van der Waals surface area contributed by atoms with E-state index in [1.165, 1.54) is 12.4 Å². The van der Waals surface area contributed by atoms with Crippen molar-refractivity contribution in [2.75, 3.05) is 23.7 Å². The number of anilines is 2. The Kier molecular flexibility index (Phi) is 5.17. The highest BCUT2D eigenvalue weighted by Gasteiger charge is 2.15. The second kappa shape index (κ2) is 8.08. The summed E-state index contributed by atoms with van der Waals surface area (Å²) in [4.78, 5) is 12.7. The number of halogens is 3. The minimum absolute atomic E-state index is 0.126. The van der Waals surface area contributed by atoms with Crippen LogP contribution in [0.3, 0.4) is 0 Å². The standard InChI is InChI=1S/C20H14F3N7/c21-14-8-16(23)15(22)7-13(14)17-11-30-6-5-27-20(30)19(29-17)26-4-3-25-18-2-1-12(9-24)10-28-18/h1-2,5-8,10-11H,3-4H2,(H,25,28)(H,26,29). The van der Waals surface area contributed by atoms with Crippen LogP contribution in [-0.2, 0) is 0 Å². The van der Waals surface area contributed by atoms with E-state index < -0.39 is 17.5 Å². The molecule has 2 N–H and O–H groups in total. The van der Waals surface area contributed by atoms with Crippen LogP contribution in [0.1, 0.15) is 5.56 Å². The van der Waals surface area contributed by atoms with Crippen molar-refractivity contribution in [3.05, 3.63) is 72.1 Å². The van der Waals surface area contributed by atoms with Gasteiger partial charge < -0.3 is 15.0 Å². The maximum atomic E-state index is 14.2. The molecule has 0 aliphatic rings. The van der Waals surface area contributed by atoms with Gasteiger partial charge in [0.1, 0.15) is 17.7 Å². The van der Waals surface area contributed by atoms with E-state index in [1.54, 1.807) is 28.9 Å². The molecular weight excluding hydrogens is 395 g/mol. The second-order valence-electron chi connectivity index (χ2n) is 6.28. The lowest BCUT2D eigenvalue weighted by Gasteiger charge is -2.11. The lowest BCUT2D eigenvalue weighted by Crippen LogP contribution is -2.16. The zero-order valence-electron chi connectivity index (χ0n) is 15.4. The average Bonchev–Trinajstić information content (AvgIpc) is 3.23. The number of fused-ring (bicyclic) bond motifs is 1. The first-order valence-electron chi connectivity index (χ1n) is 8.87. The monoisotopic (exact) mass is 409 g/mol. The fraction of sp³-hybridized carbons (Fsp3) is 0.100. The van der Waals surface area contributed by atoms with Crippen LogP contribution in [0.25, 0.3) is 16.9 Å². The quantitative estimate of drug-likeness (QED) is 0.374. The number of nitrogens with one attached hydrogen (secondary N) is 2. The summed E-state index contributed by atoms with van der Waals surface area (Å²) >= 11 is 0. The van der Waals surface area contributed by atoms with E-state index in [4.69, 9.17) is 5.26 Å². The van der Waals surface area contributed by atoms with Gasteiger partial charge in [0.15, 0.2) is 23.1 Å². The summed E-state index contributed by atoms with van der Waals surface area (Å²) < 4.78 is 42.7. The zero-order valence-corrected chi connectivity index (χ0v) is 15.4. The van der Waals surface area contributed by atoms with Crippen molar-refractivity contribution >= 4 is 17.3 Å². The number of benzene rings is 1. The van der Waals surface area contributed by atoms with Gasteiger partial charge in [-0.1, -0.05) is 0 Å². The van der Waals surface area contributed by atoms with Crippen molar-refractivity contribution in [3.8, 4) is 17.3 Å². The molecule has 30 heavy (non-hydrogen) atoms. The van der Waals surface area contributed by atoms with E-state index in [0.717, 1.165) is 6.07 Å². The molecule has 0 saturated heterocycles. The first kappa shape index (κ1) is 19.2. The molecule has 0 aliphatic carbocycles. The Hall–Kier alpha value is -4.13. The first-order chi connectivity index (χ1) is 14.5. The molecule has 4 rings (SSSR count). The molecule has 3 aromatic heterocycles. The third kappa shape index (κ3) is 3.86. The van der Waals surface area contributed by atoms with Gasteiger partial charge in [-0.3, -0.25) is 0 Å². The number of aromatic nitrogens is 4. The third-order valence-corrected chi connectivity index (χ3v) is 4.28. The molecule has 7 nitrogen and oxygen atoms in total. The Labute approximate surface area is 168 Å². The van der Waals surface area contributed by atoms with Gasteiger partial charge in [-0.05, 0) is 18.2 Å². The summed E-state index contributed by atoms with van der Waals surface area (Å²) in [5.41, 5.74) is 0.928. The predicted molar refractivity (Wildman–Crippen MR) is 104 cm³/mol.